The van der Waals surface area contributed by atoms with Gasteiger partial charge in [-0.1, -0.05) is 11.6 Å². The Labute approximate surface area is 105 Å². The van der Waals surface area contributed by atoms with Crippen molar-refractivity contribution in [2.45, 2.75) is 13.0 Å². The fourth-order valence-corrected chi connectivity index (χ4v) is 3.68. The Morgan fingerprint density at radius 1 is 1.53 bits per heavy atom. The summed E-state index contributed by atoms with van der Waals surface area (Å²) in [6.07, 6.45) is 0. The first-order valence-corrected chi connectivity index (χ1v) is 7.48. The molecule has 0 amide bonds. The zero-order valence-corrected chi connectivity index (χ0v) is 11.0. The average molecular weight is 276 g/mol. The summed E-state index contributed by atoms with van der Waals surface area (Å²) in [7, 11) is -2.94. The number of halogens is 1. The first-order valence-electron chi connectivity index (χ1n) is 5.28. The molecule has 1 aromatic rings. The van der Waals surface area contributed by atoms with E-state index in [0.29, 0.717) is 23.2 Å². The van der Waals surface area contributed by atoms with E-state index < -0.39 is 9.84 Å². The lowest BCUT2D eigenvalue weighted by molar-refractivity contribution is 0.567. The third kappa shape index (κ3) is 2.63. The molecule has 0 aromatic carbocycles. The second kappa shape index (κ2) is 4.34. The van der Waals surface area contributed by atoms with Crippen molar-refractivity contribution in [3.8, 4) is 0 Å². The van der Waals surface area contributed by atoms with Crippen molar-refractivity contribution in [3.63, 3.8) is 0 Å². The van der Waals surface area contributed by atoms with Crippen LogP contribution in [0.5, 0.6) is 0 Å². The Hall–Kier alpha value is -1.01. The maximum absolute atomic E-state index is 11.5. The van der Waals surface area contributed by atoms with E-state index >= 15 is 0 Å². The van der Waals surface area contributed by atoms with E-state index in [4.69, 9.17) is 17.3 Å². The monoisotopic (exact) mass is 275 g/mol. The molecule has 5 nitrogen and oxygen atoms in total. The standard InChI is InChI=1S/C10H14ClN3O2S/c1-7-6-17(15,16)5-4-14(7)10-8(12)2-3-9(11)13-10/h2-3,7H,4-6,12H2,1H3. The van der Waals surface area contributed by atoms with Crippen LogP contribution in [0, 0.1) is 0 Å². The van der Waals surface area contributed by atoms with Crippen molar-refractivity contribution in [2.24, 2.45) is 0 Å². The van der Waals surface area contributed by atoms with E-state index in [0.717, 1.165) is 0 Å². The Kier molecular flexibility index (Phi) is 3.18. The molecular formula is C10H14ClN3O2S. The molecule has 1 aliphatic heterocycles. The van der Waals surface area contributed by atoms with Gasteiger partial charge in [0.2, 0.25) is 0 Å². The Morgan fingerprint density at radius 3 is 2.88 bits per heavy atom. The molecule has 1 aromatic heterocycles. The number of nitrogens with zero attached hydrogens (tertiary/aromatic N) is 2. The molecule has 0 spiro atoms. The molecule has 2 N–H and O–H groups in total. The first-order chi connectivity index (χ1) is 7.89. The van der Waals surface area contributed by atoms with E-state index in [1.807, 2.05) is 11.8 Å². The van der Waals surface area contributed by atoms with Crippen LogP contribution in [0.15, 0.2) is 12.1 Å². The summed E-state index contributed by atoms with van der Waals surface area (Å²) in [4.78, 5) is 6.06. The highest BCUT2D eigenvalue weighted by molar-refractivity contribution is 7.91. The van der Waals surface area contributed by atoms with E-state index in [9.17, 15) is 8.42 Å². The van der Waals surface area contributed by atoms with Crippen LogP contribution in [0.25, 0.3) is 0 Å². The number of pyridine rings is 1. The number of aromatic nitrogens is 1. The summed E-state index contributed by atoms with van der Waals surface area (Å²) in [5.74, 6) is 0.825. The third-order valence-electron chi connectivity index (χ3n) is 2.81. The van der Waals surface area contributed by atoms with Crippen LogP contribution >= 0.6 is 11.6 Å². The van der Waals surface area contributed by atoms with Crippen molar-refractivity contribution in [3.05, 3.63) is 17.3 Å². The molecule has 94 valence electrons. The van der Waals surface area contributed by atoms with Crippen molar-refractivity contribution in [1.82, 2.24) is 4.98 Å². The summed E-state index contributed by atoms with van der Waals surface area (Å²) in [5.41, 5.74) is 6.35. The molecule has 0 saturated carbocycles. The quantitative estimate of drug-likeness (QED) is 0.772. The molecule has 1 fully saturated rings. The fourth-order valence-electron chi connectivity index (χ4n) is 1.98. The molecule has 0 radical (unpaired) electrons. The van der Waals surface area contributed by atoms with Crippen LogP contribution in [0.2, 0.25) is 5.15 Å². The molecule has 2 heterocycles. The zero-order chi connectivity index (χ0) is 12.6. The summed E-state index contributed by atoms with van der Waals surface area (Å²) in [6.45, 7) is 2.25. The summed E-state index contributed by atoms with van der Waals surface area (Å²) in [5, 5.41) is 0.356. The number of hydrogen-bond acceptors (Lipinski definition) is 5. The first kappa shape index (κ1) is 12.4. The summed E-state index contributed by atoms with van der Waals surface area (Å²) < 4.78 is 23.0. The largest absolute Gasteiger partial charge is 0.396 e. The van der Waals surface area contributed by atoms with E-state index in [-0.39, 0.29) is 17.5 Å². The zero-order valence-electron chi connectivity index (χ0n) is 9.43. The minimum absolute atomic E-state index is 0.126. The molecule has 7 heteroatoms. The van der Waals surface area contributed by atoms with Gasteiger partial charge in [0.1, 0.15) is 5.15 Å². The number of nitrogen functional groups attached to an aromatic ring is 1. The molecule has 2 rings (SSSR count). The predicted octanol–water partition coefficient (Wildman–Crippen LogP) is 0.940. The van der Waals surface area contributed by atoms with Gasteiger partial charge in [-0.15, -0.1) is 0 Å². The van der Waals surface area contributed by atoms with Crippen LogP contribution in [-0.4, -0.2) is 37.5 Å². The predicted molar refractivity (Wildman–Crippen MR) is 69.1 cm³/mol. The highest BCUT2D eigenvalue weighted by Crippen LogP contribution is 2.26. The summed E-state index contributed by atoms with van der Waals surface area (Å²) in [6, 6.07) is 3.16. The van der Waals surface area contributed by atoms with E-state index in [1.54, 1.807) is 12.1 Å². The molecule has 0 bridgehead atoms. The van der Waals surface area contributed by atoms with Crippen LogP contribution in [0.1, 0.15) is 6.92 Å². The van der Waals surface area contributed by atoms with Gasteiger partial charge in [-0.3, -0.25) is 0 Å². The van der Waals surface area contributed by atoms with Gasteiger partial charge in [-0.25, -0.2) is 13.4 Å². The highest BCUT2D eigenvalue weighted by atomic mass is 35.5. The second-order valence-corrected chi connectivity index (χ2v) is 6.82. The van der Waals surface area contributed by atoms with Crippen molar-refractivity contribution in [2.75, 3.05) is 28.7 Å². The Bertz CT molecular complexity index is 532. The highest BCUT2D eigenvalue weighted by Gasteiger charge is 2.29. The molecule has 1 saturated heterocycles. The van der Waals surface area contributed by atoms with Gasteiger partial charge >= 0.3 is 0 Å². The molecule has 1 aliphatic rings. The lowest BCUT2D eigenvalue weighted by atomic mass is 10.2. The molecule has 17 heavy (non-hydrogen) atoms. The van der Waals surface area contributed by atoms with Crippen LogP contribution in [0.4, 0.5) is 11.5 Å². The van der Waals surface area contributed by atoms with Gasteiger partial charge in [0, 0.05) is 12.6 Å². The number of sulfone groups is 1. The van der Waals surface area contributed by atoms with Crippen molar-refractivity contribution < 1.29 is 8.42 Å². The lowest BCUT2D eigenvalue weighted by Crippen LogP contribution is -2.47. The van der Waals surface area contributed by atoms with Gasteiger partial charge in [-0.2, -0.15) is 0 Å². The second-order valence-electron chi connectivity index (χ2n) is 4.20. The minimum Gasteiger partial charge on any atom is -0.396 e. The third-order valence-corrected chi connectivity index (χ3v) is 4.82. The van der Waals surface area contributed by atoms with Gasteiger partial charge in [-0.05, 0) is 19.1 Å². The molecule has 1 unspecified atom stereocenters. The number of anilines is 2. The molecular weight excluding hydrogens is 262 g/mol. The number of hydrogen-bond donors (Lipinski definition) is 1. The lowest BCUT2D eigenvalue weighted by Gasteiger charge is -2.34. The van der Waals surface area contributed by atoms with E-state index in [1.165, 1.54) is 0 Å². The van der Waals surface area contributed by atoms with E-state index in [2.05, 4.69) is 4.98 Å². The maximum atomic E-state index is 11.5. The number of rotatable bonds is 1. The van der Waals surface area contributed by atoms with Gasteiger partial charge < -0.3 is 10.6 Å². The van der Waals surface area contributed by atoms with Crippen LogP contribution in [0.3, 0.4) is 0 Å². The van der Waals surface area contributed by atoms with Gasteiger partial charge in [0.25, 0.3) is 0 Å². The van der Waals surface area contributed by atoms with Crippen LogP contribution in [-0.2, 0) is 9.84 Å². The minimum atomic E-state index is -2.94. The van der Waals surface area contributed by atoms with Gasteiger partial charge in [0.15, 0.2) is 15.7 Å². The number of nitrogens with two attached hydrogens (primary N) is 1. The average Bonchev–Trinajstić information content (AvgIpc) is 2.21. The smallest absolute Gasteiger partial charge is 0.154 e. The van der Waals surface area contributed by atoms with Crippen molar-refractivity contribution >= 4 is 32.9 Å². The molecule has 0 aliphatic carbocycles. The van der Waals surface area contributed by atoms with Crippen LogP contribution < -0.4 is 10.6 Å². The Morgan fingerprint density at radius 2 is 2.24 bits per heavy atom. The fraction of sp³-hybridized carbons (Fsp3) is 0.500. The van der Waals surface area contributed by atoms with Gasteiger partial charge in [0.05, 0.1) is 17.2 Å². The summed E-state index contributed by atoms with van der Waals surface area (Å²) >= 11 is 5.83. The topological polar surface area (TPSA) is 76.3 Å². The van der Waals surface area contributed by atoms with Crippen molar-refractivity contribution in [1.29, 1.82) is 0 Å². The SMILES string of the molecule is CC1CS(=O)(=O)CCN1c1nc(Cl)ccc1N. The maximum Gasteiger partial charge on any atom is 0.154 e. The molecule has 1 atom stereocenters. The Balaban J connectivity index is 2.32. The normalized spacial score (nSPS) is 23.6.